The topological polar surface area (TPSA) is 90.8 Å². The maximum absolute atomic E-state index is 13.5. The molecule has 0 atom stereocenters. The zero-order chi connectivity index (χ0) is 20.1. The average Bonchev–Trinajstić information content (AvgIpc) is 2.76. The number of nitriles is 1. The predicted molar refractivity (Wildman–Crippen MR) is 108 cm³/mol. The molecule has 0 fully saturated rings. The van der Waals surface area contributed by atoms with Gasteiger partial charge in [-0.15, -0.1) is 4.40 Å². The molecule has 1 N–H and O–H groups in total. The summed E-state index contributed by atoms with van der Waals surface area (Å²) >= 11 is 0. The largest absolute Gasteiger partial charge is 0.493 e. The van der Waals surface area contributed by atoms with E-state index in [1.54, 1.807) is 18.2 Å². The molecule has 0 saturated heterocycles. The number of rotatable bonds is 2. The van der Waals surface area contributed by atoms with Crippen LogP contribution in [0.4, 0.5) is 0 Å². The van der Waals surface area contributed by atoms with Crippen molar-refractivity contribution in [2.75, 3.05) is 14.2 Å². The molecule has 7 heteroatoms. The highest BCUT2D eigenvalue weighted by Crippen LogP contribution is 2.31. The van der Waals surface area contributed by atoms with E-state index in [0.717, 1.165) is 16.3 Å². The van der Waals surface area contributed by atoms with Crippen LogP contribution in [0.2, 0.25) is 0 Å². The molecule has 0 aliphatic rings. The van der Waals surface area contributed by atoms with Gasteiger partial charge in [-0.3, -0.25) is 0 Å². The molecular weight excluding hydrogens is 368 g/mol. The zero-order valence-electron chi connectivity index (χ0n) is 15.7. The standard InChI is InChI=1S/C22H14N4O3/c1-28-18-9-15-17(10-19(18)29-2)25-21-14(11-23)8-13-7-12-5-3-4-6-16(12)24-20(13)26(21)22(15)27/h3-10H,1-2H3/p+1. The Morgan fingerprint density at radius 1 is 1.03 bits per heavy atom. The lowest BCUT2D eigenvalue weighted by atomic mass is 10.1. The first-order valence-corrected chi connectivity index (χ1v) is 8.91. The molecule has 5 aromatic rings. The maximum Gasteiger partial charge on any atom is 0.350 e. The summed E-state index contributed by atoms with van der Waals surface area (Å²) in [6, 6.07) is 16.9. The molecule has 0 bridgehead atoms. The summed E-state index contributed by atoms with van der Waals surface area (Å²) in [5.74, 6) is 0.905. The minimum atomic E-state index is -0.292. The first-order valence-electron chi connectivity index (χ1n) is 8.91. The van der Waals surface area contributed by atoms with E-state index < -0.39 is 0 Å². The van der Waals surface area contributed by atoms with Gasteiger partial charge in [-0.05, 0) is 18.2 Å². The lowest BCUT2D eigenvalue weighted by Crippen LogP contribution is -2.22. The van der Waals surface area contributed by atoms with Gasteiger partial charge in [0, 0.05) is 17.5 Å². The number of fused-ring (bicyclic) bond motifs is 5. The van der Waals surface area contributed by atoms with E-state index in [-0.39, 0.29) is 11.2 Å². The predicted octanol–water partition coefficient (Wildman–Crippen LogP) is 2.86. The number of aromatic nitrogens is 3. The number of nitrogens with zero attached hydrogens (tertiary/aromatic N) is 3. The van der Waals surface area contributed by atoms with Crippen LogP contribution in [0.3, 0.4) is 0 Å². The SMILES string of the molecule is COc1cc2nc3c(C#N)cc4cc5ccccc5[nH+]c4n3c(=O)c2cc1OC. The second-order valence-corrected chi connectivity index (χ2v) is 6.63. The van der Waals surface area contributed by atoms with Crippen LogP contribution < -0.4 is 20.0 Å². The van der Waals surface area contributed by atoms with Crippen molar-refractivity contribution >= 4 is 38.5 Å². The summed E-state index contributed by atoms with van der Waals surface area (Å²) in [7, 11) is 3.03. The van der Waals surface area contributed by atoms with E-state index in [0.29, 0.717) is 33.6 Å². The molecule has 3 heterocycles. The van der Waals surface area contributed by atoms with E-state index in [9.17, 15) is 10.1 Å². The van der Waals surface area contributed by atoms with E-state index >= 15 is 0 Å². The second kappa shape index (κ2) is 6.17. The Hall–Kier alpha value is -4.18. The number of benzene rings is 2. The molecule has 0 amide bonds. The quantitative estimate of drug-likeness (QED) is 0.345. The molecule has 0 aliphatic heterocycles. The van der Waals surface area contributed by atoms with Gasteiger partial charge in [0.1, 0.15) is 17.1 Å². The summed E-state index contributed by atoms with van der Waals surface area (Å²) in [5, 5.41) is 11.8. The highest BCUT2D eigenvalue weighted by atomic mass is 16.5. The maximum atomic E-state index is 13.5. The fourth-order valence-corrected chi connectivity index (χ4v) is 3.67. The molecule has 7 nitrogen and oxygen atoms in total. The van der Waals surface area contributed by atoms with Gasteiger partial charge in [-0.25, -0.2) is 14.8 Å². The summed E-state index contributed by atoms with van der Waals surface area (Å²) in [5.41, 5.74) is 2.20. The highest BCUT2D eigenvalue weighted by molar-refractivity contribution is 5.91. The van der Waals surface area contributed by atoms with Gasteiger partial charge in [-0.1, -0.05) is 18.2 Å². The molecular formula is C22H15N4O3+. The second-order valence-electron chi connectivity index (χ2n) is 6.63. The van der Waals surface area contributed by atoms with Crippen molar-refractivity contribution < 1.29 is 14.5 Å². The monoisotopic (exact) mass is 383 g/mol. The Balaban J connectivity index is 2.04. The Bertz CT molecular complexity index is 1560. The molecule has 0 saturated carbocycles. The van der Waals surface area contributed by atoms with Crippen molar-refractivity contribution in [3.05, 3.63) is 64.4 Å². The van der Waals surface area contributed by atoms with E-state index in [2.05, 4.69) is 16.0 Å². The fourth-order valence-electron chi connectivity index (χ4n) is 3.67. The van der Waals surface area contributed by atoms with Gasteiger partial charge >= 0.3 is 5.56 Å². The molecule has 0 aliphatic carbocycles. The van der Waals surface area contributed by atoms with Crippen LogP contribution in [0.1, 0.15) is 5.56 Å². The summed E-state index contributed by atoms with van der Waals surface area (Å²) in [4.78, 5) is 21.4. The number of aromatic amines is 1. The lowest BCUT2D eigenvalue weighted by molar-refractivity contribution is -0.314. The number of hydrogen-bond donors (Lipinski definition) is 0. The third kappa shape index (κ3) is 2.39. The van der Waals surface area contributed by atoms with Crippen molar-refractivity contribution in [1.29, 1.82) is 5.26 Å². The zero-order valence-corrected chi connectivity index (χ0v) is 15.7. The lowest BCUT2D eigenvalue weighted by Gasteiger charge is -2.09. The fraction of sp³-hybridized carbons (Fsp3) is 0.0909. The Labute approximate surface area is 164 Å². The van der Waals surface area contributed by atoms with Crippen molar-refractivity contribution in [3.63, 3.8) is 0 Å². The number of H-pyrrole nitrogens is 1. The number of methoxy groups -OCH3 is 2. The number of pyridine rings is 2. The van der Waals surface area contributed by atoms with Crippen LogP contribution in [0.15, 0.2) is 53.3 Å². The number of ether oxygens (including phenoxy) is 2. The molecule has 2 aromatic carbocycles. The van der Waals surface area contributed by atoms with Crippen LogP contribution in [0.25, 0.3) is 38.5 Å². The van der Waals surface area contributed by atoms with Crippen LogP contribution in [0.5, 0.6) is 11.5 Å². The Kier molecular flexibility index (Phi) is 3.61. The third-order valence-electron chi connectivity index (χ3n) is 5.06. The Morgan fingerprint density at radius 2 is 1.79 bits per heavy atom. The van der Waals surface area contributed by atoms with Crippen molar-refractivity contribution in [3.8, 4) is 17.6 Å². The summed E-state index contributed by atoms with van der Waals surface area (Å²) in [6.45, 7) is 0. The average molecular weight is 383 g/mol. The van der Waals surface area contributed by atoms with Crippen LogP contribution in [0, 0.1) is 11.3 Å². The van der Waals surface area contributed by atoms with E-state index in [1.165, 1.54) is 18.6 Å². The van der Waals surface area contributed by atoms with Gasteiger partial charge in [0.2, 0.25) is 5.65 Å². The van der Waals surface area contributed by atoms with Crippen LogP contribution in [-0.2, 0) is 0 Å². The van der Waals surface area contributed by atoms with Gasteiger partial charge in [0.25, 0.3) is 5.65 Å². The summed E-state index contributed by atoms with van der Waals surface area (Å²) in [6.07, 6.45) is 0. The van der Waals surface area contributed by atoms with Gasteiger partial charge in [0.15, 0.2) is 11.5 Å². The molecule has 29 heavy (non-hydrogen) atoms. The summed E-state index contributed by atoms with van der Waals surface area (Å²) < 4.78 is 12.1. The number of para-hydroxylation sites is 1. The van der Waals surface area contributed by atoms with Gasteiger partial charge < -0.3 is 9.47 Å². The van der Waals surface area contributed by atoms with Gasteiger partial charge in [-0.2, -0.15) is 5.26 Å². The first-order chi connectivity index (χ1) is 14.1. The van der Waals surface area contributed by atoms with E-state index in [1.807, 2.05) is 30.3 Å². The Morgan fingerprint density at radius 3 is 2.55 bits per heavy atom. The first kappa shape index (κ1) is 17.0. The molecule has 140 valence electrons. The molecule has 0 spiro atoms. The van der Waals surface area contributed by atoms with Crippen molar-refractivity contribution in [2.24, 2.45) is 0 Å². The van der Waals surface area contributed by atoms with Crippen LogP contribution >= 0.6 is 0 Å². The minimum Gasteiger partial charge on any atom is -0.493 e. The third-order valence-corrected chi connectivity index (χ3v) is 5.06. The number of nitrogens with one attached hydrogen (secondary N) is 1. The number of hydrogen-bond acceptors (Lipinski definition) is 5. The normalized spacial score (nSPS) is 11.2. The molecule has 5 rings (SSSR count). The minimum absolute atomic E-state index is 0.288. The molecule has 0 unspecified atom stereocenters. The van der Waals surface area contributed by atoms with Crippen LogP contribution in [-0.4, -0.2) is 23.6 Å². The molecule has 0 radical (unpaired) electrons. The molecule has 3 aromatic heterocycles. The van der Waals surface area contributed by atoms with E-state index in [4.69, 9.17) is 9.47 Å². The van der Waals surface area contributed by atoms with Gasteiger partial charge in [0.05, 0.1) is 30.5 Å². The van der Waals surface area contributed by atoms with Crippen molar-refractivity contribution in [1.82, 2.24) is 9.38 Å². The smallest absolute Gasteiger partial charge is 0.350 e. The highest BCUT2D eigenvalue weighted by Gasteiger charge is 2.21. The van der Waals surface area contributed by atoms with Crippen molar-refractivity contribution in [2.45, 2.75) is 0 Å².